The van der Waals surface area contributed by atoms with E-state index in [1.807, 2.05) is 0 Å². The Balaban J connectivity index is 1.52. The van der Waals surface area contributed by atoms with Gasteiger partial charge in [-0.15, -0.1) is 0 Å². The van der Waals surface area contributed by atoms with E-state index in [-0.39, 0.29) is 6.10 Å². The first-order chi connectivity index (χ1) is 11.5. The third-order valence-corrected chi connectivity index (χ3v) is 5.00. The fourth-order valence-electron chi connectivity index (χ4n) is 3.32. The number of ether oxygens (including phenoxy) is 1. The van der Waals surface area contributed by atoms with E-state index in [0.717, 1.165) is 19.3 Å². The highest BCUT2D eigenvalue weighted by molar-refractivity contribution is 5.26. The third-order valence-electron chi connectivity index (χ3n) is 5.00. The van der Waals surface area contributed by atoms with Gasteiger partial charge >= 0.3 is 0 Å². The lowest BCUT2D eigenvalue weighted by Gasteiger charge is -2.29. The molecule has 1 aliphatic heterocycles. The summed E-state index contributed by atoms with van der Waals surface area (Å²) in [4.78, 5) is 0. The molecule has 24 heavy (non-hydrogen) atoms. The van der Waals surface area contributed by atoms with Crippen LogP contribution in [0.2, 0.25) is 0 Å². The van der Waals surface area contributed by atoms with Gasteiger partial charge in [0, 0.05) is 0 Å². The minimum Gasteiger partial charge on any atom is -0.373 e. The van der Waals surface area contributed by atoms with E-state index in [4.69, 9.17) is 4.74 Å². The highest BCUT2D eigenvalue weighted by Gasteiger charge is 2.23. The van der Waals surface area contributed by atoms with Crippen LogP contribution in [-0.4, -0.2) is 6.61 Å². The summed E-state index contributed by atoms with van der Waals surface area (Å²) in [5.74, 6) is -0.994. The molecule has 2 aromatic rings. The molecule has 0 saturated carbocycles. The maximum Gasteiger partial charge on any atom is 0.162 e. The van der Waals surface area contributed by atoms with Crippen LogP contribution in [0.1, 0.15) is 47.6 Å². The molecule has 3 rings (SSSR count). The Labute approximate surface area is 142 Å². The van der Waals surface area contributed by atoms with Crippen LogP contribution in [-0.2, 0) is 11.2 Å². The molecule has 128 valence electrons. The molecule has 0 aromatic heterocycles. The van der Waals surface area contributed by atoms with Gasteiger partial charge in [-0.25, -0.2) is 8.78 Å². The van der Waals surface area contributed by atoms with E-state index < -0.39 is 11.6 Å². The molecule has 1 saturated heterocycles. The van der Waals surface area contributed by atoms with Gasteiger partial charge in [-0.3, -0.25) is 0 Å². The number of benzene rings is 2. The summed E-state index contributed by atoms with van der Waals surface area (Å²) in [7, 11) is 0. The van der Waals surface area contributed by atoms with Crippen molar-refractivity contribution in [3.63, 3.8) is 0 Å². The predicted octanol–water partition coefficient (Wildman–Crippen LogP) is 5.68. The fraction of sp³-hybridized carbons (Fsp3) is 0.429. The van der Waals surface area contributed by atoms with Crippen LogP contribution in [0.5, 0.6) is 0 Å². The molecule has 0 N–H and O–H groups in total. The fourth-order valence-corrected chi connectivity index (χ4v) is 3.32. The molecule has 1 aliphatic rings. The normalized spacial score (nSPS) is 21.0. The number of aryl methyl sites for hydroxylation is 3. The van der Waals surface area contributed by atoms with Crippen LogP contribution in [0.25, 0.3) is 0 Å². The zero-order valence-corrected chi connectivity index (χ0v) is 14.3. The number of hydrogen-bond donors (Lipinski definition) is 0. The second-order valence-electron chi connectivity index (χ2n) is 6.88. The third kappa shape index (κ3) is 3.84. The summed E-state index contributed by atoms with van der Waals surface area (Å²) in [6, 6.07) is 11.8. The number of hydrogen-bond acceptors (Lipinski definition) is 1. The average molecular weight is 330 g/mol. The maximum atomic E-state index is 13.9. The molecule has 3 heteroatoms. The van der Waals surface area contributed by atoms with Crippen molar-refractivity contribution >= 4 is 0 Å². The largest absolute Gasteiger partial charge is 0.373 e. The van der Waals surface area contributed by atoms with Gasteiger partial charge in [0.25, 0.3) is 0 Å². The Bertz CT molecular complexity index is 686. The van der Waals surface area contributed by atoms with Gasteiger partial charge in [0.1, 0.15) is 0 Å². The standard InChI is InChI=1S/C21H24F2O/c1-14-3-8-17(9-4-14)19-12-7-16(13-24-19)6-11-18-10-5-15(2)20(22)21(18)23/h3-5,8-10,16,19H,6-7,11-13H2,1-2H3. The minimum atomic E-state index is -0.716. The van der Waals surface area contributed by atoms with Gasteiger partial charge in [0.15, 0.2) is 11.6 Å². The average Bonchev–Trinajstić information content (AvgIpc) is 2.60. The van der Waals surface area contributed by atoms with Gasteiger partial charge < -0.3 is 4.74 Å². The summed E-state index contributed by atoms with van der Waals surface area (Å²) in [6.45, 7) is 4.35. The van der Waals surface area contributed by atoms with Crippen molar-refractivity contribution in [2.75, 3.05) is 6.61 Å². The number of rotatable bonds is 4. The summed E-state index contributed by atoms with van der Waals surface area (Å²) >= 11 is 0. The van der Waals surface area contributed by atoms with Gasteiger partial charge in [0.05, 0.1) is 12.7 Å². The van der Waals surface area contributed by atoms with Crippen LogP contribution in [0.15, 0.2) is 36.4 Å². The zero-order chi connectivity index (χ0) is 17.1. The van der Waals surface area contributed by atoms with Crippen LogP contribution < -0.4 is 0 Å². The Hall–Kier alpha value is -1.74. The van der Waals surface area contributed by atoms with Gasteiger partial charge in [-0.05, 0) is 62.1 Å². The van der Waals surface area contributed by atoms with Crippen LogP contribution in [0, 0.1) is 31.4 Å². The molecule has 1 nitrogen and oxygen atoms in total. The molecule has 0 spiro atoms. The topological polar surface area (TPSA) is 9.23 Å². The van der Waals surface area contributed by atoms with E-state index >= 15 is 0 Å². The Morgan fingerprint density at radius 2 is 1.71 bits per heavy atom. The monoisotopic (exact) mass is 330 g/mol. The molecule has 0 amide bonds. The first-order valence-electron chi connectivity index (χ1n) is 8.66. The summed E-state index contributed by atoms with van der Waals surface area (Å²) in [5.41, 5.74) is 3.31. The van der Waals surface area contributed by atoms with Gasteiger partial charge in [-0.2, -0.15) is 0 Å². The van der Waals surface area contributed by atoms with E-state index in [9.17, 15) is 8.78 Å². The van der Waals surface area contributed by atoms with Crippen molar-refractivity contribution in [3.8, 4) is 0 Å². The lowest BCUT2D eigenvalue weighted by molar-refractivity contribution is -0.0192. The van der Waals surface area contributed by atoms with Crippen LogP contribution in [0.4, 0.5) is 8.78 Å². The Morgan fingerprint density at radius 3 is 2.38 bits per heavy atom. The molecular formula is C21H24F2O. The van der Waals surface area contributed by atoms with Crippen molar-refractivity contribution in [3.05, 3.63) is 70.3 Å². The van der Waals surface area contributed by atoms with Gasteiger partial charge in [-0.1, -0.05) is 42.0 Å². The molecule has 2 aromatic carbocycles. The van der Waals surface area contributed by atoms with Crippen LogP contribution >= 0.6 is 0 Å². The number of halogens is 2. The smallest absolute Gasteiger partial charge is 0.162 e. The Kier molecular flexibility index (Phi) is 5.30. The van der Waals surface area contributed by atoms with E-state index in [0.29, 0.717) is 30.1 Å². The van der Waals surface area contributed by atoms with Crippen molar-refractivity contribution in [2.24, 2.45) is 5.92 Å². The predicted molar refractivity (Wildman–Crippen MR) is 92.0 cm³/mol. The van der Waals surface area contributed by atoms with Crippen molar-refractivity contribution in [2.45, 2.75) is 45.6 Å². The molecule has 2 unspecified atom stereocenters. The lowest BCUT2D eigenvalue weighted by atomic mass is 9.90. The lowest BCUT2D eigenvalue weighted by Crippen LogP contribution is -2.21. The molecule has 0 bridgehead atoms. The van der Waals surface area contributed by atoms with Gasteiger partial charge in [0.2, 0.25) is 0 Å². The second kappa shape index (κ2) is 7.43. The van der Waals surface area contributed by atoms with E-state index in [1.54, 1.807) is 19.1 Å². The first-order valence-corrected chi connectivity index (χ1v) is 8.66. The maximum absolute atomic E-state index is 13.9. The summed E-state index contributed by atoms with van der Waals surface area (Å²) in [5, 5.41) is 0. The van der Waals surface area contributed by atoms with Crippen LogP contribution in [0.3, 0.4) is 0 Å². The first kappa shape index (κ1) is 17.1. The Morgan fingerprint density at radius 1 is 0.958 bits per heavy atom. The SMILES string of the molecule is Cc1ccc(C2CCC(CCc3ccc(C)c(F)c3F)CO2)cc1. The molecular weight excluding hydrogens is 306 g/mol. The molecule has 0 aliphatic carbocycles. The van der Waals surface area contributed by atoms with Crippen molar-refractivity contribution < 1.29 is 13.5 Å². The van der Waals surface area contributed by atoms with Crippen molar-refractivity contribution in [1.82, 2.24) is 0 Å². The van der Waals surface area contributed by atoms with E-state index in [2.05, 4.69) is 31.2 Å². The quantitative estimate of drug-likeness (QED) is 0.700. The minimum absolute atomic E-state index is 0.162. The zero-order valence-electron chi connectivity index (χ0n) is 14.3. The molecule has 1 heterocycles. The summed E-state index contributed by atoms with van der Waals surface area (Å²) < 4.78 is 33.6. The second-order valence-corrected chi connectivity index (χ2v) is 6.88. The highest BCUT2D eigenvalue weighted by atomic mass is 19.2. The molecule has 2 atom stereocenters. The highest BCUT2D eigenvalue weighted by Crippen LogP contribution is 2.32. The molecule has 0 radical (unpaired) electrons. The van der Waals surface area contributed by atoms with E-state index in [1.165, 1.54) is 11.1 Å². The molecule has 1 fully saturated rings. The van der Waals surface area contributed by atoms with Crippen molar-refractivity contribution in [1.29, 1.82) is 0 Å². The summed E-state index contributed by atoms with van der Waals surface area (Å²) in [6.07, 6.45) is 3.61.